The summed E-state index contributed by atoms with van der Waals surface area (Å²) in [4.78, 5) is 38.7. The Balaban J connectivity index is 1.50. The summed E-state index contributed by atoms with van der Waals surface area (Å²) >= 11 is 0. The van der Waals surface area contributed by atoms with Gasteiger partial charge >= 0.3 is 0 Å². The van der Waals surface area contributed by atoms with Gasteiger partial charge in [-0.25, -0.2) is 0 Å². The Bertz CT molecular complexity index is 667. The first-order chi connectivity index (χ1) is 12.6. The van der Waals surface area contributed by atoms with E-state index < -0.39 is 0 Å². The summed E-state index contributed by atoms with van der Waals surface area (Å²) in [7, 11) is 0. The second-order valence-corrected chi connectivity index (χ2v) is 6.91. The van der Waals surface area contributed by atoms with Crippen molar-refractivity contribution in [2.75, 3.05) is 13.2 Å². The van der Waals surface area contributed by atoms with Crippen molar-refractivity contribution >= 4 is 17.6 Å². The number of ketones is 1. The second-order valence-electron chi connectivity index (χ2n) is 6.91. The van der Waals surface area contributed by atoms with Crippen LogP contribution in [-0.4, -0.2) is 47.7 Å². The molecular formula is C20H26N2O4. The van der Waals surface area contributed by atoms with Crippen LogP contribution in [0, 0.1) is 0 Å². The lowest BCUT2D eigenvalue weighted by atomic mass is 10.1. The van der Waals surface area contributed by atoms with Gasteiger partial charge in [0.25, 0.3) is 0 Å². The molecule has 26 heavy (non-hydrogen) atoms. The van der Waals surface area contributed by atoms with Crippen molar-refractivity contribution in [2.45, 2.75) is 57.5 Å². The molecule has 0 spiro atoms. The van der Waals surface area contributed by atoms with Gasteiger partial charge in [0.1, 0.15) is 11.8 Å². The summed E-state index contributed by atoms with van der Waals surface area (Å²) in [6.07, 6.45) is 3.89. The Kier molecular flexibility index (Phi) is 5.91. The number of likely N-dealkylation sites (tertiary alicyclic amines) is 1. The highest BCUT2D eigenvalue weighted by atomic mass is 16.5. The van der Waals surface area contributed by atoms with Gasteiger partial charge in [-0.3, -0.25) is 14.4 Å². The molecule has 3 rings (SSSR count). The molecule has 6 heteroatoms. The first-order valence-electron chi connectivity index (χ1n) is 9.44. The van der Waals surface area contributed by atoms with Gasteiger partial charge in [0.15, 0.2) is 5.78 Å². The van der Waals surface area contributed by atoms with E-state index in [1.807, 2.05) is 6.92 Å². The normalized spacial score (nSPS) is 19.3. The van der Waals surface area contributed by atoms with E-state index in [4.69, 9.17) is 4.74 Å². The Morgan fingerprint density at radius 2 is 1.85 bits per heavy atom. The van der Waals surface area contributed by atoms with Gasteiger partial charge in [-0.1, -0.05) is 0 Å². The van der Waals surface area contributed by atoms with E-state index in [-0.39, 0.29) is 36.5 Å². The third-order valence-electron chi connectivity index (χ3n) is 4.85. The molecule has 1 saturated heterocycles. The zero-order chi connectivity index (χ0) is 18.5. The third kappa shape index (κ3) is 4.62. The third-order valence-corrected chi connectivity index (χ3v) is 4.85. The number of nitrogens with zero attached hydrogens (tertiary/aromatic N) is 1. The van der Waals surface area contributed by atoms with Crippen molar-refractivity contribution in [3.63, 3.8) is 0 Å². The average Bonchev–Trinajstić information content (AvgIpc) is 3.31. The van der Waals surface area contributed by atoms with Crippen molar-refractivity contribution in [1.29, 1.82) is 0 Å². The largest absolute Gasteiger partial charge is 0.494 e. The van der Waals surface area contributed by atoms with Crippen LogP contribution in [0.2, 0.25) is 0 Å². The van der Waals surface area contributed by atoms with E-state index in [2.05, 4.69) is 5.32 Å². The molecule has 1 N–H and O–H groups in total. The number of ether oxygens (including phenoxy) is 1. The highest BCUT2D eigenvalue weighted by Gasteiger charge is 2.36. The number of hydrogen-bond donors (Lipinski definition) is 1. The zero-order valence-electron chi connectivity index (χ0n) is 15.2. The van der Waals surface area contributed by atoms with Gasteiger partial charge in [-0.15, -0.1) is 0 Å². The lowest BCUT2D eigenvalue weighted by Gasteiger charge is -2.24. The topological polar surface area (TPSA) is 75.7 Å². The molecule has 1 heterocycles. The molecule has 1 saturated carbocycles. The lowest BCUT2D eigenvalue weighted by molar-refractivity contribution is -0.138. The fourth-order valence-corrected chi connectivity index (χ4v) is 3.27. The van der Waals surface area contributed by atoms with E-state index in [1.54, 1.807) is 29.2 Å². The van der Waals surface area contributed by atoms with Gasteiger partial charge in [-0.05, 0) is 56.9 Å². The monoisotopic (exact) mass is 358 g/mol. The van der Waals surface area contributed by atoms with Gasteiger partial charge in [-0.2, -0.15) is 0 Å². The molecule has 1 aromatic rings. The number of carbonyl (C=O) groups is 3. The molecule has 2 fully saturated rings. The molecule has 1 aliphatic carbocycles. The van der Waals surface area contributed by atoms with E-state index in [0.29, 0.717) is 31.2 Å². The van der Waals surface area contributed by atoms with Crippen molar-refractivity contribution in [2.24, 2.45) is 0 Å². The van der Waals surface area contributed by atoms with E-state index in [0.717, 1.165) is 25.0 Å². The summed E-state index contributed by atoms with van der Waals surface area (Å²) in [5, 5.41) is 2.98. The predicted molar refractivity (Wildman–Crippen MR) is 97.1 cm³/mol. The molecule has 1 aliphatic heterocycles. The zero-order valence-corrected chi connectivity index (χ0v) is 15.2. The molecule has 0 bridgehead atoms. The molecule has 140 valence electrons. The maximum atomic E-state index is 12.5. The number of benzene rings is 1. The smallest absolute Gasteiger partial charge is 0.243 e. The Labute approximate surface area is 153 Å². The van der Waals surface area contributed by atoms with Crippen LogP contribution in [0.3, 0.4) is 0 Å². The lowest BCUT2D eigenvalue weighted by Crippen LogP contribution is -2.46. The molecule has 0 aromatic heterocycles. The predicted octanol–water partition coefficient (Wildman–Crippen LogP) is 2.32. The number of hydrogen-bond acceptors (Lipinski definition) is 4. The molecule has 6 nitrogen and oxygen atoms in total. The number of rotatable bonds is 8. The maximum absolute atomic E-state index is 12.5. The van der Waals surface area contributed by atoms with Crippen LogP contribution < -0.4 is 10.1 Å². The van der Waals surface area contributed by atoms with E-state index in [9.17, 15) is 14.4 Å². The first kappa shape index (κ1) is 18.4. The molecule has 2 aliphatic rings. The van der Waals surface area contributed by atoms with Crippen LogP contribution in [0.25, 0.3) is 0 Å². The minimum atomic E-state index is -0.372. The summed E-state index contributed by atoms with van der Waals surface area (Å²) in [6, 6.07) is 6.89. The quantitative estimate of drug-likeness (QED) is 0.724. The van der Waals surface area contributed by atoms with Crippen molar-refractivity contribution in [3.8, 4) is 5.75 Å². The van der Waals surface area contributed by atoms with Crippen molar-refractivity contribution in [1.82, 2.24) is 10.2 Å². The second kappa shape index (κ2) is 8.34. The van der Waals surface area contributed by atoms with E-state index in [1.165, 1.54) is 0 Å². The molecule has 0 radical (unpaired) electrons. The van der Waals surface area contributed by atoms with Crippen LogP contribution in [0.4, 0.5) is 0 Å². The fourth-order valence-electron chi connectivity index (χ4n) is 3.27. The highest BCUT2D eigenvalue weighted by molar-refractivity contribution is 5.98. The molecular weight excluding hydrogens is 332 g/mol. The SMILES string of the molecule is CCOc1ccc(C(=O)CCC(=O)N2CCCC2C(=O)NC2CC2)cc1. The molecule has 1 unspecified atom stereocenters. The van der Waals surface area contributed by atoms with Gasteiger partial charge < -0.3 is 15.0 Å². The summed E-state index contributed by atoms with van der Waals surface area (Å²) < 4.78 is 5.36. The van der Waals surface area contributed by atoms with Crippen LogP contribution in [0.5, 0.6) is 5.75 Å². The molecule has 2 amide bonds. The fraction of sp³-hybridized carbons (Fsp3) is 0.550. The van der Waals surface area contributed by atoms with Crippen LogP contribution in [-0.2, 0) is 9.59 Å². The summed E-state index contributed by atoms with van der Waals surface area (Å²) in [5.74, 6) is 0.496. The van der Waals surface area contributed by atoms with E-state index >= 15 is 0 Å². The summed E-state index contributed by atoms with van der Waals surface area (Å²) in [5.41, 5.74) is 0.575. The Morgan fingerprint density at radius 3 is 2.50 bits per heavy atom. The van der Waals surface area contributed by atoms with Crippen molar-refractivity contribution < 1.29 is 19.1 Å². The van der Waals surface area contributed by atoms with Gasteiger partial charge in [0.05, 0.1) is 6.61 Å². The van der Waals surface area contributed by atoms with Gasteiger partial charge in [0, 0.05) is 31.0 Å². The Morgan fingerprint density at radius 1 is 1.12 bits per heavy atom. The Hall–Kier alpha value is -2.37. The minimum Gasteiger partial charge on any atom is -0.494 e. The number of amides is 2. The number of nitrogens with one attached hydrogen (secondary N) is 1. The standard InChI is InChI=1S/C20H26N2O4/c1-2-26-16-9-5-14(6-10-16)18(23)11-12-19(24)22-13-3-4-17(22)20(25)21-15-7-8-15/h5-6,9-10,15,17H,2-4,7-8,11-13H2,1H3,(H,21,25). The number of carbonyl (C=O) groups excluding carboxylic acids is 3. The minimum absolute atomic E-state index is 0.0452. The van der Waals surface area contributed by atoms with Crippen LogP contribution in [0.1, 0.15) is 55.8 Å². The maximum Gasteiger partial charge on any atom is 0.243 e. The molecule has 1 atom stereocenters. The van der Waals surface area contributed by atoms with Crippen molar-refractivity contribution in [3.05, 3.63) is 29.8 Å². The first-order valence-corrected chi connectivity index (χ1v) is 9.44. The van der Waals surface area contributed by atoms with Crippen LogP contribution >= 0.6 is 0 Å². The highest BCUT2D eigenvalue weighted by Crippen LogP contribution is 2.23. The average molecular weight is 358 g/mol. The molecule has 1 aromatic carbocycles. The van der Waals surface area contributed by atoms with Crippen LogP contribution in [0.15, 0.2) is 24.3 Å². The van der Waals surface area contributed by atoms with Gasteiger partial charge in [0.2, 0.25) is 11.8 Å². The number of Topliss-reactive ketones (excluding diaryl/α,β-unsaturated/α-hetero) is 1. The summed E-state index contributed by atoms with van der Waals surface area (Å²) in [6.45, 7) is 3.08.